The molecule has 3 N–H and O–H groups in total. The van der Waals surface area contributed by atoms with Gasteiger partial charge in [-0.25, -0.2) is 0 Å². The van der Waals surface area contributed by atoms with Crippen molar-refractivity contribution in [3.63, 3.8) is 0 Å². The topological polar surface area (TPSA) is 55.1 Å². The molecular formula is C15H28N2O. The average molecular weight is 252 g/mol. The minimum Gasteiger partial charge on any atom is -0.356 e. The summed E-state index contributed by atoms with van der Waals surface area (Å²) in [4.78, 5) is 11.9. The highest BCUT2D eigenvalue weighted by Crippen LogP contribution is 2.47. The second-order valence-electron chi connectivity index (χ2n) is 7.42. The molecule has 4 unspecified atom stereocenters. The van der Waals surface area contributed by atoms with Crippen LogP contribution in [0.4, 0.5) is 0 Å². The third-order valence-corrected chi connectivity index (χ3v) is 4.96. The summed E-state index contributed by atoms with van der Waals surface area (Å²) in [6, 6.07) is -0.0578. The van der Waals surface area contributed by atoms with Crippen LogP contribution in [0.15, 0.2) is 0 Å². The second kappa shape index (κ2) is 5.20. The summed E-state index contributed by atoms with van der Waals surface area (Å²) < 4.78 is 0. The van der Waals surface area contributed by atoms with Gasteiger partial charge in [-0.15, -0.1) is 0 Å². The first-order valence-corrected chi connectivity index (χ1v) is 7.38. The third kappa shape index (κ3) is 3.25. The van der Waals surface area contributed by atoms with E-state index in [0.29, 0.717) is 6.42 Å². The molecule has 3 heteroatoms. The van der Waals surface area contributed by atoms with Gasteiger partial charge in [-0.3, -0.25) is 4.79 Å². The highest BCUT2D eigenvalue weighted by molar-refractivity contribution is 5.76. The second-order valence-corrected chi connectivity index (χ2v) is 7.42. The average Bonchev–Trinajstić information content (AvgIpc) is 2.86. The Hall–Kier alpha value is -0.570. The van der Waals surface area contributed by atoms with E-state index in [-0.39, 0.29) is 17.4 Å². The zero-order valence-corrected chi connectivity index (χ0v) is 12.0. The van der Waals surface area contributed by atoms with Gasteiger partial charge >= 0.3 is 0 Å². The van der Waals surface area contributed by atoms with E-state index in [1.54, 1.807) is 0 Å². The van der Waals surface area contributed by atoms with Gasteiger partial charge < -0.3 is 11.1 Å². The number of nitrogens with one attached hydrogen (secondary N) is 1. The van der Waals surface area contributed by atoms with Crippen molar-refractivity contribution in [1.82, 2.24) is 5.32 Å². The monoisotopic (exact) mass is 252 g/mol. The van der Waals surface area contributed by atoms with Crippen LogP contribution in [-0.2, 0) is 4.79 Å². The van der Waals surface area contributed by atoms with Gasteiger partial charge in [-0.2, -0.15) is 0 Å². The van der Waals surface area contributed by atoms with Crippen molar-refractivity contribution in [2.45, 2.75) is 58.9 Å². The zero-order valence-electron chi connectivity index (χ0n) is 12.0. The molecule has 0 aromatic heterocycles. The number of carbonyl (C=O) groups is 1. The molecule has 0 radical (unpaired) electrons. The summed E-state index contributed by atoms with van der Waals surface area (Å²) in [6.07, 6.45) is 5.99. The summed E-state index contributed by atoms with van der Waals surface area (Å²) in [7, 11) is 0. The molecule has 104 valence electrons. The molecular weight excluding hydrogens is 224 g/mol. The molecule has 2 fully saturated rings. The number of rotatable bonds is 4. The fourth-order valence-electron chi connectivity index (χ4n) is 3.45. The number of carbonyl (C=O) groups excluding carboxylic acids is 1. The van der Waals surface area contributed by atoms with Crippen LogP contribution in [-0.4, -0.2) is 18.5 Å². The number of amides is 1. The van der Waals surface area contributed by atoms with E-state index in [0.717, 1.165) is 24.3 Å². The van der Waals surface area contributed by atoms with Crippen LogP contribution in [0.5, 0.6) is 0 Å². The molecule has 2 bridgehead atoms. The lowest BCUT2D eigenvalue weighted by Gasteiger charge is -2.27. The number of fused-ring (bicyclic) bond motifs is 2. The van der Waals surface area contributed by atoms with E-state index in [4.69, 9.17) is 5.73 Å². The first kappa shape index (κ1) is 13.9. The van der Waals surface area contributed by atoms with E-state index in [1.165, 1.54) is 25.7 Å². The van der Waals surface area contributed by atoms with Crippen molar-refractivity contribution in [3.8, 4) is 0 Å². The molecule has 2 saturated carbocycles. The molecule has 2 aliphatic carbocycles. The van der Waals surface area contributed by atoms with Gasteiger partial charge in [0, 0.05) is 19.0 Å². The van der Waals surface area contributed by atoms with Crippen molar-refractivity contribution < 1.29 is 4.79 Å². The van der Waals surface area contributed by atoms with Gasteiger partial charge in [0.15, 0.2) is 0 Å². The Morgan fingerprint density at radius 2 is 2.06 bits per heavy atom. The predicted molar refractivity (Wildman–Crippen MR) is 74.0 cm³/mol. The van der Waals surface area contributed by atoms with Gasteiger partial charge in [0.05, 0.1) is 0 Å². The van der Waals surface area contributed by atoms with E-state index < -0.39 is 0 Å². The summed E-state index contributed by atoms with van der Waals surface area (Å²) in [5.74, 6) is 2.69. The maximum Gasteiger partial charge on any atom is 0.221 e. The van der Waals surface area contributed by atoms with E-state index in [9.17, 15) is 4.79 Å². The SMILES string of the molecule is CC(C)(C)C(N)CC(=O)NCC1CC2CCC1C2. The van der Waals surface area contributed by atoms with E-state index in [1.807, 2.05) is 0 Å². The number of nitrogens with two attached hydrogens (primary N) is 1. The molecule has 0 heterocycles. The lowest BCUT2D eigenvalue weighted by molar-refractivity contribution is -0.122. The van der Waals surface area contributed by atoms with Crippen LogP contribution in [0.25, 0.3) is 0 Å². The van der Waals surface area contributed by atoms with Crippen molar-refractivity contribution in [2.75, 3.05) is 6.54 Å². The largest absolute Gasteiger partial charge is 0.356 e. The van der Waals surface area contributed by atoms with Gasteiger partial charge in [0.1, 0.15) is 0 Å². The minimum atomic E-state index is -0.0578. The molecule has 2 aliphatic rings. The first-order valence-electron chi connectivity index (χ1n) is 7.38. The quantitative estimate of drug-likeness (QED) is 0.806. The van der Waals surface area contributed by atoms with Crippen molar-refractivity contribution in [1.29, 1.82) is 0 Å². The molecule has 0 aliphatic heterocycles. The maximum absolute atomic E-state index is 11.9. The van der Waals surface area contributed by atoms with Crippen molar-refractivity contribution >= 4 is 5.91 Å². The number of hydrogen-bond donors (Lipinski definition) is 2. The molecule has 18 heavy (non-hydrogen) atoms. The Kier molecular flexibility index (Phi) is 4.00. The highest BCUT2D eigenvalue weighted by atomic mass is 16.1. The summed E-state index contributed by atoms with van der Waals surface area (Å²) in [6.45, 7) is 7.12. The zero-order chi connectivity index (χ0) is 13.3. The smallest absolute Gasteiger partial charge is 0.221 e. The summed E-state index contributed by atoms with van der Waals surface area (Å²) in [5.41, 5.74) is 6.04. The standard InChI is InChI=1S/C15H28N2O/c1-15(2,3)13(16)8-14(18)17-9-12-7-10-4-5-11(12)6-10/h10-13H,4-9,16H2,1-3H3,(H,17,18). The normalized spacial score (nSPS) is 32.6. The highest BCUT2D eigenvalue weighted by Gasteiger charge is 2.39. The Balaban J connectivity index is 1.69. The van der Waals surface area contributed by atoms with Crippen LogP contribution in [0.3, 0.4) is 0 Å². The van der Waals surface area contributed by atoms with Crippen LogP contribution in [0, 0.1) is 23.2 Å². The van der Waals surface area contributed by atoms with E-state index >= 15 is 0 Å². The minimum absolute atomic E-state index is 0.00374. The Labute approximate surface area is 111 Å². The number of hydrogen-bond acceptors (Lipinski definition) is 2. The molecule has 4 atom stereocenters. The Morgan fingerprint density at radius 1 is 1.33 bits per heavy atom. The molecule has 2 rings (SSSR count). The fourth-order valence-corrected chi connectivity index (χ4v) is 3.45. The lowest BCUT2D eigenvalue weighted by Crippen LogP contribution is -2.41. The maximum atomic E-state index is 11.9. The third-order valence-electron chi connectivity index (χ3n) is 4.96. The van der Waals surface area contributed by atoms with Gasteiger partial charge in [0.25, 0.3) is 0 Å². The van der Waals surface area contributed by atoms with Gasteiger partial charge in [-0.1, -0.05) is 27.2 Å². The lowest BCUT2D eigenvalue weighted by atomic mass is 9.85. The van der Waals surface area contributed by atoms with E-state index in [2.05, 4.69) is 26.1 Å². The first-order chi connectivity index (χ1) is 8.36. The van der Waals surface area contributed by atoms with Gasteiger partial charge in [0.2, 0.25) is 5.91 Å². The fraction of sp³-hybridized carbons (Fsp3) is 0.933. The molecule has 0 spiro atoms. The molecule has 0 aromatic rings. The molecule has 3 nitrogen and oxygen atoms in total. The summed E-state index contributed by atoms with van der Waals surface area (Å²) in [5, 5.41) is 3.09. The van der Waals surface area contributed by atoms with Crippen LogP contribution >= 0.6 is 0 Å². The van der Waals surface area contributed by atoms with Crippen LogP contribution in [0.2, 0.25) is 0 Å². The molecule has 1 amide bonds. The van der Waals surface area contributed by atoms with Crippen molar-refractivity contribution in [2.24, 2.45) is 28.9 Å². The molecule has 0 aromatic carbocycles. The van der Waals surface area contributed by atoms with Gasteiger partial charge in [-0.05, 0) is 42.4 Å². The van der Waals surface area contributed by atoms with Crippen LogP contribution in [0.1, 0.15) is 52.9 Å². The Bertz CT molecular complexity index is 308. The summed E-state index contributed by atoms with van der Waals surface area (Å²) >= 11 is 0. The molecule has 0 saturated heterocycles. The van der Waals surface area contributed by atoms with Crippen LogP contribution < -0.4 is 11.1 Å². The van der Waals surface area contributed by atoms with Crippen molar-refractivity contribution in [3.05, 3.63) is 0 Å². The Morgan fingerprint density at radius 3 is 2.56 bits per heavy atom. The predicted octanol–water partition coefficient (Wildman–Crippen LogP) is 2.30.